The molecule has 2 nitrogen and oxygen atoms in total. The lowest BCUT2D eigenvalue weighted by atomic mass is 10.0. The van der Waals surface area contributed by atoms with Gasteiger partial charge in [0.05, 0.1) is 16.8 Å². The van der Waals surface area contributed by atoms with Crippen LogP contribution in [0.3, 0.4) is 0 Å². The van der Waals surface area contributed by atoms with Crippen molar-refractivity contribution >= 4 is 15.9 Å². The number of hydrogen-bond donors (Lipinski definition) is 1. The predicted molar refractivity (Wildman–Crippen MR) is 77.7 cm³/mol. The number of rotatable bonds is 5. The number of hydrogen-bond acceptors (Lipinski definition) is 2. The summed E-state index contributed by atoms with van der Waals surface area (Å²) in [6.45, 7) is 2.13. The fraction of sp³-hybridized carbons (Fsp3) is 0.333. The third-order valence-corrected chi connectivity index (χ3v) is 3.77. The van der Waals surface area contributed by atoms with Crippen LogP contribution in [0.2, 0.25) is 0 Å². The van der Waals surface area contributed by atoms with E-state index in [0.717, 1.165) is 23.1 Å². The molecule has 1 aromatic carbocycles. The lowest BCUT2D eigenvalue weighted by molar-refractivity contribution is 0.412. The van der Waals surface area contributed by atoms with Gasteiger partial charge in [-0.3, -0.25) is 0 Å². The van der Waals surface area contributed by atoms with E-state index < -0.39 is 0 Å². The normalized spacial score (nSPS) is 12.6. The molecular formula is C15H18BrNO. The Labute approximate surface area is 117 Å². The van der Waals surface area contributed by atoms with E-state index in [1.54, 1.807) is 6.26 Å². The number of nitrogens with one attached hydrogen (secondary N) is 1. The van der Waals surface area contributed by atoms with Crippen LogP contribution < -0.4 is 5.32 Å². The highest BCUT2D eigenvalue weighted by molar-refractivity contribution is 9.10. The van der Waals surface area contributed by atoms with Gasteiger partial charge in [0.1, 0.15) is 5.76 Å². The van der Waals surface area contributed by atoms with Crippen molar-refractivity contribution in [3.05, 3.63) is 58.0 Å². The third-order valence-electron chi connectivity index (χ3n) is 3.11. The molecule has 0 saturated heterocycles. The molecule has 1 N–H and O–H groups in total. The molecule has 0 fully saturated rings. The molecule has 0 radical (unpaired) electrons. The Kier molecular flexibility index (Phi) is 4.61. The third kappa shape index (κ3) is 3.24. The predicted octanol–water partition coefficient (Wildman–Crippen LogP) is 4.24. The molecule has 2 aromatic rings. The van der Waals surface area contributed by atoms with Crippen LogP contribution in [0.5, 0.6) is 0 Å². The second-order valence-corrected chi connectivity index (χ2v) is 5.36. The minimum absolute atomic E-state index is 0.245. The van der Waals surface area contributed by atoms with E-state index >= 15 is 0 Å². The topological polar surface area (TPSA) is 25.2 Å². The Bertz CT molecular complexity index is 507. The van der Waals surface area contributed by atoms with E-state index in [4.69, 9.17) is 4.42 Å². The van der Waals surface area contributed by atoms with Crippen LogP contribution in [0.1, 0.15) is 29.3 Å². The van der Waals surface area contributed by atoms with E-state index in [-0.39, 0.29) is 6.04 Å². The van der Waals surface area contributed by atoms with Gasteiger partial charge in [-0.15, -0.1) is 0 Å². The highest BCUT2D eigenvalue weighted by atomic mass is 79.9. The van der Waals surface area contributed by atoms with E-state index in [1.165, 1.54) is 11.1 Å². The smallest absolute Gasteiger partial charge is 0.134 e. The van der Waals surface area contributed by atoms with E-state index in [9.17, 15) is 0 Å². The van der Waals surface area contributed by atoms with Crippen molar-refractivity contribution in [3.63, 3.8) is 0 Å². The summed E-state index contributed by atoms with van der Waals surface area (Å²) in [5.74, 6) is 0.977. The average molecular weight is 308 g/mol. The van der Waals surface area contributed by atoms with Crippen LogP contribution in [0.15, 0.2) is 45.5 Å². The van der Waals surface area contributed by atoms with Crippen molar-refractivity contribution in [1.82, 2.24) is 5.32 Å². The molecular weight excluding hydrogens is 290 g/mol. The SMILES string of the molecule is CNC(CCc1cccc(C)c1)c1occc1Br. The van der Waals surface area contributed by atoms with Crippen molar-refractivity contribution in [2.45, 2.75) is 25.8 Å². The summed E-state index contributed by atoms with van der Waals surface area (Å²) in [5, 5.41) is 3.31. The first kappa shape index (κ1) is 13.4. The molecule has 0 spiro atoms. The van der Waals surface area contributed by atoms with Gasteiger partial charge in [0.15, 0.2) is 0 Å². The summed E-state index contributed by atoms with van der Waals surface area (Å²) in [5.41, 5.74) is 2.69. The monoisotopic (exact) mass is 307 g/mol. The Morgan fingerprint density at radius 2 is 2.17 bits per heavy atom. The Balaban J connectivity index is 2.02. The van der Waals surface area contributed by atoms with E-state index in [0.29, 0.717) is 0 Å². The van der Waals surface area contributed by atoms with Crippen LogP contribution in [0, 0.1) is 6.92 Å². The van der Waals surface area contributed by atoms with Crippen molar-refractivity contribution < 1.29 is 4.42 Å². The summed E-state index contributed by atoms with van der Waals surface area (Å²) in [4.78, 5) is 0. The Morgan fingerprint density at radius 3 is 2.78 bits per heavy atom. The first-order valence-corrected chi connectivity index (χ1v) is 6.95. The summed E-state index contributed by atoms with van der Waals surface area (Å²) >= 11 is 3.51. The van der Waals surface area contributed by atoms with Crippen molar-refractivity contribution in [3.8, 4) is 0 Å². The minimum atomic E-state index is 0.245. The quantitative estimate of drug-likeness (QED) is 0.893. The molecule has 0 aliphatic heterocycles. The lowest BCUT2D eigenvalue weighted by Gasteiger charge is -2.14. The standard InChI is InChI=1S/C15H18BrNO/c1-11-4-3-5-12(10-11)6-7-14(17-2)15-13(16)8-9-18-15/h3-5,8-10,14,17H,6-7H2,1-2H3. The Hall–Kier alpha value is -1.06. The molecule has 1 heterocycles. The summed E-state index contributed by atoms with van der Waals surface area (Å²) in [6, 6.07) is 10.8. The number of aryl methyl sites for hydroxylation is 2. The van der Waals surface area contributed by atoms with Crippen molar-refractivity contribution in [1.29, 1.82) is 0 Å². The van der Waals surface area contributed by atoms with Gasteiger partial charge in [-0.25, -0.2) is 0 Å². The summed E-state index contributed by atoms with van der Waals surface area (Å²) in [6.07, 6.45) is 3.78. The first-order chi connectivity index (χ1) is 8.70. The number of furan rings is 1. The van der Waals surface area contributed by atoms with Crippen molar-refractivity contribution in [2.24, 2.45) is 0 Å². The van der Waals surface area contributed by atoms with Crippen LogP contribution in [0.4, 0.5) is 0 Å². The molecule has 0 aliphatic carbocycles. The molecule has 1 aromatic heterocycles. The molecule has 18 heavy (non-hydrogen) atoms. The highest BCUT2D eigenvalue weighted by Crippen LogP contribution is 2.27. The fourth-order valence-electron chi connectivity index (χ4n) is 2.14. The van der Waals surface area contributed by atoms with Crippen LogP contribution in [0.25, 0.3) is 0 Å². The van der Waals surface area contributed by atoms with Gasteiger partial charge in [0, 0.05) is 0 Å². The van der Waals surface area contributed by atoms with Gasteiger partial charge in [-0.05, 0) is 54.4 Å². The zero-order valence-corrected chi connectivity index (χ0v) is 12.3. The van der Waals surface area contributed by atoms with Gasteiger partial charge >= 0.3 is 0 Å². The van der Waals surface area contributed by atoms with Gasteiger partial charge in [-0.2, -0.15) is 0 Å². The molecule has 96 valence electrons. The molecule has 0 aliphatic rings. The van der Waals surface area contributed by atoms with Crippen LogP contribution >= 0.6 is 15.9 Å². The van der Waals surface area contributed by atoms with Crippen molar-refractivity contribution in [2.75, 3.05) is 7.05 Å². The molecule has 0 amide bonds. The minimum Gasteiger partial charge on any atom is -0.466 e. The second-order valence-electron chi connectivity index (χ2n) is 4.50. The zero-order valence-electron chi connectivity index (χ0n) is 10.7. The fourth-order valence-corrected chi connectivity index (χ4v) is 2.62. The Morgan fingerprint density at radius 1 is 1.33 bits per heavy atom. The second kappa shape index (κ2) is 6.21. The van der Waals surface area contributed by atoms with E-state index in [1.807, 2.05) is 13.1 Å². The number of benzene rings is 1. The van der Waals surface area contributed by atoms with Crippen LogP contribution in [-0.2, 0) is 6.42 Å². The number of halogens is 1. The van der Waals surface area contributed by atoms with E-state index in [2.05, 4.69) is 52.4 Å². The molecule has 0 bridgehead atoms. The first-order valence-electron chi connectivity index (χ1n) is 6.16. The highest BCUT2D eigenvalue weighted by Gasteiger charge is 2.15. The van der Waals surface area contributed by atoms with Gasteiger partial charge in [-0.1, -0.05) is 29.8 Å². The van der Waals surface area contributed by atoms with Gasteiger partial charge < -0.3 is 9.73 Å². The largest absolute Gasteiger partial charge is 0.466 e. The van der Waals surface area contributed by atoms with Gasteiger partial charge in [0.25, 0.3) is 0 Å². The summed E-state index contributed by atoms with van der Waals surface area (Å²) < 4.78 is 6.55. The van der Waals surface area contributed by atoms with Crippen LogP contribution in [-0.4, -0.2) is 7.05 Å². The van der Waals surface area contributed by atoms with Gasteiger partial charge in [0.2, 0.25) is 0 Å². The average Bonchev–Trinajstić information content (AvgIpc) is 2.77. The molecule has 1 unspecified atom stereocenters. The molecule has 3 heteroatoms. The maximum Gasteiger partial charge on any atom is 0.134 e. The molecule has 0 saturated carbocycles. The molecule has 2 rings (SSSR count). The lowest BCUT2D eigenvalue weighted by Crippen LogP contribution is -2.16. The summed E-state index contributed by atoms with van der Waals surface area (Å²) in [7, 11) is 1.97. The maximum absolute atomic E-state index is 5.52. The molecule has 1 atom stereocenters. The zero-order chi connectivity index (χ0) is 13.0. The maximum atomic E-state index is 5.52.